The van der Waals surface area contributed by atoms with Crippen LogP contribution in [0.4, 0.5) is 0 Å². The maximum atomic E-state index is 12.8. The monoisotopic (exact) mass is 315 g/mol. The molecule has 2 fully saturated rings. The van der Waals surface area contributed by atoms with Crippen LogP contribution in [0.5, 0.6) is 0 Å². The Morgan fingerprint density at radius 2 is 1.96 bits per heavy atom. The second kappa shape index (κ2) is 5.77. The molecule has 1 amide bonds. The molecule has 1 saturated carbocycles. The number of hydrogen-bond donors (Lipinski definition) is 1. The van der Waals surface area contributed by atoms with Crippen molar-refractivity contribution in [2.45, 2.75) is 57.8 Å². The number of amides is 1. The highest BCUT2D eigenvalue weighted by molar-refractivity contribution is 5.79. The van der Waals surface area contributed by atoms with Crippen LogP contribution < -0.4 is 5.56 Å². The number of rotatable bonds is 1. The smallest absolute Gasteiger partial charge is 0.254 e. The fraction of sp³-hybridized carbons (Fsp3) is 0.722. The number of hydrogen-bond acceptors (Lipinski definition) is 3. The van der Waals surface area contributed by atoms with Crippen molar-refractivity contribution in [1.82, 2.24) is 14.9 Å². The summed E-state index contributed by atoms with van der Waals surface area (Å²) in [6.07, 6.45) is 7.56. The number of nitrogens with zero attached hydrogens (tertiary/aromatic N) is 2. The molecule has 1 aromatic heterocycles. The van der Waals surface area contributed by atoms with E-state index in [9.17, 15) is 9.59 Å². The SMILES string of the molecule is Cc1nc2c(c(=O)[nH]1)CC[C@@H]1CN(C(=O)C3CCCCC3)C[C@H]21. The van der Waals surface area contributed by atoms with Crippen LogP contribution in [0.15, 0.2) is 4.79 Å². The van der Waals surface area contributed by atoms with E-state index in [1.165, 1.54) is 19.3 Å². The van der Waals surface area contributed by atoms with Crippen LogP contribution in [0.3, 0.4) is 0 Å². The standard InChI is InChI=1S/C18H25N3O2/c1-11-19-16-14(17(22)20-11)8-7-13-9-21(10-15(13)16)18(23)12-5-3-2-4-6-12/h12-13,15H,2-10H2,1H3,(H,19,20,22)/t13-,15+/m1/s1. The number of aromatic nitrogens is 2. The first kappa shape index (κ1) is 14.9. The maximum absolute atomic E-state index is 12.8. The van der Waals surface area contributed by atoms with Gasteiger partial charge >= 0.3 is 0 Å². The van der Waals surface area contributed by atoms with E-state index in [2.05, 4.69) is 14.9 Å². The molecule has 2 atom stereocenters. The molecule has 2 heterocycles. The Morgan fingerprint density at radius 1 is 1.17 bits per heavy atom. The number of carbonyl (C=O) groups is 1. The molecule has 0 bridgehead atoms. The molecule has 3 aliphatic rings. The Labute approximate surface area is 136 Å². The van der Waals surface area contributed by atoms with E-state index in [0.717, 1.165) is 50.0 Å². The van der Waals surface area contributed by atoms with E-state index < -0.39 is 0 Å². The molecular formula is C18H25N3O2. The van der Waals surface area contributed by atoms with Crippen molar-refractivity contribution >= 4 is 5.91 Å². The molecule has 0 unspecified atom stereocenters. The molecule has 1 aliphatic heterocycles. The summed E-state index contributed by atoms with van der Waals surface area (Å²) in [5, 5.41) is 0. The summed E-state index contributed by atoms with van der Waals surface area (Å²) in [6, 6.07) is 0. The van der Waals surface area contributed by atoms with Gasteiger partial charge in [0.1, 0.15) is 5.82 Å². The average Bonchev–Trinajstić information content (AvgIpc) is 2.99. The van der Waals surface area contributed by atoms with Crippen LogP contribution in [-0.2, 0) is 11.2 Å². The molecule has 5 nitrogen and oxygen atoms in total. The molecule has 1 N–H and O–H groups in total. The minimum Gasteiger partial charge on any atom is -0.341 e. The van der Waals surface area contributed by atoms with Crippen molar-refractivity contribution in [2.75, 3.05) is 13.1 Å². The second-order valence-electron chi connectivity index (χ2n) is 7.50. The third kappa shape index (κ3) is 2.60. The Kier molecular flexibility index (Phi) is 3.74. The first-order valence-corrected chi connectivity index (χ1v) is 9.02. The highest BCUT2D eigenvalue weighted by Crippen LogP contribution is 2.40. The summed E-state index contributed by atoms with van der Waals surface area (Å²) < 4.78 is 0. The quantitative estimate of drug-likeness (QED) is 0.863. The Hall–Kier alpha value is -1.65. The van der Waals surface area contributed by atoms with Gasteiger partial charge in [0.25, 0.3) is 5.56 Å². The predicted octanol–water partition coefficient (Wildman–Crippen LogP) is 2.15. The van der Waals surface area contributed by atoms with Crippen molar-refractivity contribution in [3.8, 4) is 0 Å². The fourth-order valence-electron chi connectivity index (χ4n) is 4.77. The first-order valence-electron chi connectivity index (χ1n) is 9.02. The molecule has 5 heteroatoms. The zero-order valence-corrected chi connectivity index (χ0v) is 13.8. The normalized spacial score (nSPS) is 27.6. The molecule has 1 aromatic rings. The lowest BCUT2D eigenvalue weighted by molar-refractivity contribution is -0.135. The zero-order chi connectivity index (χ0) is 16.0. The summed E-state index contributed by atoms with van der Waals surface area (Å²) in [5.41, 5.74) is 1.83. The predicted molar refractivity (Wildman–Crippen MR) is 87.3 cm³/mol. The zero-order valence-electron chi connectivity index (χ0n) is 13.8. The van der Waals surface area contributed by atoms with Gasteiger partial charge in [0, 0.05) is 30.5 Å². The fourth-order valence-corrected chi connectivity index (χ4v) is 4.77. The Morgan fingerprint density at radius 3 is 2.74 bits per heavy atom. The van der Waals surface area contributed by atoms with Gasteiger partial charge in [-0.15, -0.1) is 0 Å². The van der Waals surface area contributed by atoms with Gasteiger partial charge < -0.3 is 9.88 Å². The summed E-state index contributed by atoms with van der Waals surface area (Å²) >= 11 is 0. The molecule has 0 radical (unpaired) electrons. The van der Waals surface area contributed by atoms with Crippen molar-refractivity contribution < 1.29 is 4.79 Å². The molecule has 4 rings (SSSR count). The largest absolute Gasteiger partial charge is 0.341 e. The van der Waals surface area contributed by atoms with Crippen LogP contribution >= 0.6 is 0 Å². The van der Waals surface area contributed by atoms with E-state index in [0.29, 0.717) is 17.6 Å². The number of H-pyrrole nitrogens is 1. The number of likely N-dealkylation sites (tertiary alicyclic amines) is 1. The van der Waals surface area contributed by atoms with E-state index in [1.54, 1.807) is 0 Å². The van der Waals surface area contributed by atoms with E-state index in [4.69, 9.17) is 0 Å². The average molecular weight is 315 g/mol. The van der Waals surface area contributed by atoms with Crippen molar-refractivity contribution in [3.05, 3.63) is 27.4 Å². The van der Waals surface area contributed by atoms with Gasteiger partial charge in [0.15, 0.2) is 0 Å². The lowest BCUT2D eigenvalue weighted by Gasteiger charge is -2.26. The van der Waals surface area contributed by atoms with Crippen molar-refractivity contribution in [1.29, 1.82) is 0 Å². The van der Waals surface area contributed by atoms with Crippen LogP contribution in [-0.4, -0.2) is 33.9 Å². The molecular weight excluding hydrogens is 290 g/mol. The van der Waals surface area contributed by atoms with Gasteiger partial charge in [0.05, 0.1) is 5.69 Å². The lowest BCUT2D eigenvalue weighted by Crippen LogP contribution is -2.35. The lowest BCUT2D eigenvalue weighted by atomic mass is 9.80. The maximum Gasteiger partial charge on any atom is 0.254 e. The van der Waals surface area contributed by atoms with Crippen LogP contribution in [0, 0.1) is 18.8 Å². The molecule has 0 spiro atoms. The second-order valence-corrected chi connectivity index (χ2v) is 7.50. The molecule has 0 aromatic carbocycles. The third-order valence-electron chi connectivity index (χ3n) is 5.99. The van der Waals surface area contributed by atoms with E-state index in [1.807, 2.05) is 6.92 Å². The number of nitrogens with one attached hydrogen (secondary N) is 1. The summed E-state index contributed by atoms with van der Waals surface area (Å²) in [4.78, 5) is 34.5. The third-order valence-corrected chi connectivity index (χ3v) is 5.99. The topological polar surface area (TPSA) is 66.1 Å². The first-order chi connectivity index (χ1) is 11.1. The number of carbonyl (C=O) groups excluding carboxylic acids is 1. The summed E-state index contributed by atoms with van der Waals surface area (Å²) in [5.74, 6) is 2.00. The minimum absolute atomic E-state index is 0.0167. The molecule has 23 heavy (non-hydrogen) atoms. The number of fused-ring (bicyclic) bond motifs is 3. The van der Waals surface area contributed by atoms with Gasteiger partial charge in [0.2, 0.25) is 5.91 Å². The molecule has 124 valence electrons. The highest BCUT2D eigenvalue weighted by atomic mass is 16.2. The summed E-state index contributed by atoms with van der Waals surface area (Å²) in [7, 11) is 0. The summed E-state index contributed by atoms with van der Waals surface area (Å²) in [6.45, 7) is 3.45. The molecule has 2 aliphatic carbocycles. The molecule has 1 saturated heterocycles. The Bertz CT molecular complexity index is 675. The number of aryl methyl sites for hydroxylation is 1. The van der Waals surface area contributed by atoms with Gasteiger partial charge in [-0.25, -0.2) is 4.98 Å². The highest BCUT2D eigenvalue weighted by Gasteiger charge is 2.42. The van der Waals surface area contributed by atoms with Gasteiger partial charge in [-0.2, -0.15) is 0 Å². The van der Waals surface area contributed by atoms with Crippen LogP contribution in [0.2, 0.25) is 0 Å². The van der Waals surface area contributed by atoms with Gasteiger partial charge in [-0.3, -0.25) is 9.59 Å². The van der Waals surface area contributed by atoms with Crippen molar-refractivity contribution in [2.24, 2.45) is 11.8 Å². The number of aromatic amines is 1. The van der Waals surface area contributed by atoms with Gasteiger partial charge in [-0.1, -0.05) is 19.3 Å². The van der Waals surface area contributed by atoms with Crippen LogP contribution in [0.25, 0.3) is 0 Å². The van der Waals surface area contributed by atoms with Crippen molar-refractivity contribution in [3.63, 3.8) is 0 Å². The van der Waals surface area contributed by atoms with Crippen LogP contribution in [0.1, 0.15) is 61.5 Å². The van der Waals surface area contributed by atoms with Gasteiger partial charge in [-0.05, 0) is 38.5 Å². The Balaban J connectivity index is 1.57. The van der Waals surface area contributed by atoms with E-state index >= 15 is 0 Å². The minimum atomic E-state index is 0.0167. The van der Waals surface area contributed by atoms with E-state index in [-0.39, 0.29) is 17.4 Å².